The summed E-state index contributed by atoms with van der Waals surface area (Å²) in [6, 6.07) is 8.40. The van der Waals surface area contributed by atoms with Crippen molar-refractivity contribution in [2.45, 2.75) is 27.7 Å². The summed E-state index contributed by atoms with van der Waals surface area (Å²) in [4.78, 5) is 14.6. The molecule has 2 rings (SSSR count). The Morgan fingerprint density at radius 2 is 1.67 bits per heavy atom. The fourth-order valence-electron chi connectivity index (χ4n) is 1.25. The Bertz CT molecular complexity index is 510. The normalized spacial score (nSPS) is 8.67. The zero-order valence-electron chi connectivity index (χ0n) is 11.3. The van der Waals surface area contributed by atoms with Crippen molar-refractivity contribution in [3.8, 4) is 0 Å². The van der Waals surface area contributed by atoms with Crippen LogP contribution in [0.1, 0.15) is 38.2 Å². The highest BCUT2D eigenvalue weighted by atomic mass is 16.4. The summed E-state index contributed by atoms with van der Waals surface area (Å²) in [7, 11) is 0. The lowest BCUT2D eigenvalue weighted by Gasteiger charge is -1.99. The van der Waals surface area contributed by atoms with E-state index in [-0.39, 0.29) is 5.69 Å². The number of aromatic carboxylic acids is 1. The van der Waals surface area contributed by atoms with Crippen LogP contribution in [0.4, 0.5) is 5.69 Å². The van der Waals surface area contributed by atoms with Crippen molar-refractivity contribution in [1.82, 2.24) is 4.98 Å². The van der Waals surface area contributed by atoms with Gasteiger partial charge in [-0.3, -0.25) is 0 Å². The number of nitrogen functional groups attached to an aromatic ring is 1. The highest BCUT2D eigenvalue weighted by molar-refractivity contribution is 5.90. The molecule has 1 heterocycles. The summed E-state index contributed by atoms with van der Waals surface area (Å²) in [6.45, 7) is 8.00. The van der Waals surface area contributed by atoms with Gasteiger partial charge in [0.25, 0.3) is 0 Å². The lowest BCUT2D eigenvalue weighted by atomic mass is 10.2. The van der Waals surface area contributed by atoms with Crippen molar-refractivity contribution in [2.24, 2.45) is 0 Å². The molecule has 0 aliphatic rings. The van der Waals surface area contributed by atoms with E-state index in [2.05, 4.69) is 4.98 Å². The number of carboxylic acid groups (broad SMARTS) is 1. The van der Waals surface area contributed by atoms with Crippen LogP contribution >= 0.6 is 0 Å². The number of pyridine rings is 1. The molecule has 1 aromatic heterocycles. The fraction of sp³-hybridized carbons (Fsp3) is 0.286. The summed E-state index contributed by atoms with van der Waals surface area (Å²) in [5.41, 5.74) is 6.77. The first kappa shape index (κ1) is 15.9. The Morgan fingerprint density at radius 3 is 2.22 bits per heavy atom. The van der Waals surface area contributed by atoms with Crippen LogP contribution in [0.2, 0.25) is 0 Å². The molecule has 0 aliphatic heterocycles. The highest BCUT2D eigenvalue weighted by Crippen LogP contribution is 2.15. The zero-order chi connectivity index (χ0) is 14.1. The molecule has 0 aliphatic carbocycles. The monoisotopic (exact) mass is 248 g/mol. The van der Waals surface area contributed by atoms with Crippen molar-refractivity contribution in [1.29, 1.82) is 0 Å². The smallest absolute Gasteiger partial charge is 0.354 e. The fourth-order valence-corrected chi connectivity index (χ4v) is 1.25. The van der Waals surface area contributed by atoms with Crippen molar-refractivity contribution in [3.63, 3.8) is 0 Å². The van der Waals surface area contributed by atoms with Crippen molar-refractivity contribution < 1.29 is 9.90 Å². The summed E-state index contributed by atoms with van der Waals surface area (Å²) >= 11 is 0. The molecule has 2 aromatic rings. The van der Waals surface area contributed by atoms with E-state index in [0.29, 0.717) is 11.2 Å². The molecule has 0 saturated carbocycles. The Labute approximate surface area is 107 Å². The maximum Gasteiger partial charge on any atom is 0.354 e. The van der Waals surface area contributed by atoms with Gasteiger partial charge in [0.1, 0.15) is 5.69 Å². The van der Waals surface area contributed by atoms with E-state index < -0.39 is 5.97 Å². The van der Waals surface area contributed by atoms with Crippen molar-refractivity contribution in [2.75, 3.05) is 5.73 Å². The quantitative estimate of drug-likeness (QED) is 0.756. The molecular weight excluding hydrogens is 228 g/mol. The molecular formula is C14H20N2O2. The van der Waals surface area contributed by atoms with Crippen LogP contribution in [0.25, 0.3) is 10.9 Å². The van der Waals surface area contributed by atoms with Gasteiger partial charge < -0.3 is 10.8 Å². The molecule has 98 valence electrons. The lowest BCUT2D eigenvalue weighted by molar-refractivity contribution is 0.0691. The topological polar surface area (TPSA) is 76.2 Å². The third-order valence-corrected chi connectivity index (χ3v) is 1.94. The summed E-state index contributed by atoms with van der Waals surface area (Å²) < 4.78 is 0. The van der Waals surface area contributed by atoms with E-state index in [1.54, 1.807) is 18.2 Å². The minimum Gasteiger partial charge on any atom is -0.477 e. The van der Waals surface area contributed by atoms with Crippen LogP contribution in [0.3, 0.4) is 0 Å². The number of fused-ring (bicyclic) bond motifs is 1. The van der Waals surface area contributed by atoms with Crippen LogP contribution in [-0.2, 0) is 0 Å². The van der Waals surface area contributed by atoms with Crippen LogP contribution < -0.4 is 5.73 Å². The van der Waals surface area contributed by atoms with Gasteiger partial charge in [0.05, 0.1) is 5.52 Å². The van der Waals surface area contributed by atoms with Gasteiger partial charge in [-0.1, -0.05) is 39.8 Å². The number of nitrogens with two attached hydrogens (primary N) is 1. The Morgan fingerprint density at radius 1 is 1.11 bits per heavy atom. The Kier molecular flexibility index (Phi) is 7.12. The number of carbonyl (C=O) groups is 1. The highest BCUT2D eigenvalue weighted by Gasteiger charge is 2.04. The van der Waals surface area contributed by atoms with Crippen LogP contribution in [0.5, 0.6) is 0 Å². The second kappa shape index (κ2) is 8.06. The number of anilines is 1. The van der Waals surface area contributed by atoms with Gasteiger partial charge in [0.15, 0.2) is 0 Å². The van der Waals surface area contributed by atoms with Crippen LogP contribution in [0.15, 0.2) is 30.3 Å². The van der Waals surface area contributed by atoms with Crippen molar-refractivity contribution in [3.05, 3.63) is 36.0 Å². The van der Waals surface area contributed by atoms with E-state index in [0.717, 1.165) is 5.39 Å². The summed E-state index contributed by atoms with van der Waals surface area (Å²) in [6.07, 6.45) is 0. The number of benzene rings is 1. The van der Waals surface area contributed by atoms with Crippen LogP contribution in [0, 0.1) is 0 Å². The van der Waals surface area contributed by atoms with E-state index >= 15 is 0 Å². The molecule has 0 bridgehead atoms. The number of rotatable bonds is 1. The second-order valence-electron chi connectivity index (χ2n) is 2.95. The first-order valence-corrected chi connectivity index (χ1v) is 6.06. The minimum absolute atomic E-state index is 0.0306. The maximum absolute atomic E-state index is 10.6. The zero-order valence-corrected chi connectivity index (χ0v) is 11.3. The summed E-state index contributed by atoms with van der Waals surface area (Å²) in [5.74, 6) is -1.03. The number of hydrogen-bond acceptors (Lipinski definition) is 3. The Hall–Kier alpha value is -2.10. The standard InChI is InChI=1S/C10H8N2O2.2C2H6/c11-7-3-1-6-2-4-8(10(13)14)12-9(6)5-7;2*1-2/h1-5H,11H2,(H,13,14);2*1-2H3. The first-order valence-electron chi connectivity index (χ1n) is 6.06. The number of nitrogens with zero attached hydrogens (tertiary/aromatic N) is 1. The molecule has 3 N–H and O–H groups in total. The van der Waals surface area contributed by atoms with E-state index in [4.69, 9.17) is 10.8 Å². The molecule has 0 unspecified atom stereocenters. The molecule has 1 aromatic carbocycles. The van der Waals surface area contributed by atoms with Gasteiger partial charge in [0.2, 0.25) is 0 Å². The molecule has 0 atom stereocenters. The molecule has 4 heteroatoms. The summed E-state index contributed by atoms with van der Waals surface area (Å²) in [5, 5.41) is 9.60. The third-order valence-electron chi connectivity index (χ3n) is 1.94. The largest absolute Gasteiger partial charge is 0.477 e. The molecule has 0 amide bonds. The van der Waals surface area contributed by atoms with Crippen LogP contribution in [-0.4, -0.2) is 16.1 Å². The van der Waals surface area contributed by atoms with E-state index in [1.165, 1.54) is 6.07 Å². The predicted molar refractivity (Wildman–Crippen MR) is 75.8 cm³/mol. The van der Waals surface area contributed by atoms with Crippen molar-refractivity contribution >= 4 is 22.6 Å². The van der Waals surface area contributed by atoms with Gasteiger partial charge >= 0.3 is 5.97 Å². The van der Waals surface area contributed by atoms with E-state index in [9.17, 15) is 4.79 Å². The average molecular weight is 248 g/mol. The van der Waals surface area contributed by atoms with Gasteiger partial charge in [0, 0.05) is 11.1 Å². The molecule has 0 spiro atoms. The van der Waals surface area contributed by atoms with Gasteiger partial charge in [-0.2, -0.15) is 0 Å². The first-order chi connectivity index (χ1) is 8.66. The second-order valence-corrected chi connectivity index (χ2v) is 2.95. The van der Waals surface area contributed by atoms with Gasteiger partial charge in [-0.25, -0.2) is 9.78 Å². The minimum atomic E-state index is -1.03. The van der Waals surface area contributed by atoms with E-state index in [1.807, 2.05) is 33.8 Å². The number of carboxylic acids is 1. The molecule has 18 heavy (non-hydrogen) atoms. The Balaban J connectivity index is 0.000000659. The number of hydrogen-bond donors (Lipinski definition) is 2. The van der Waals surface area contributed by atoms with Gasteiger partial charge in [-0.05, 0) is 18.2 Å². The molecule has 0 saturated heterocycles. The lowest BCUT2D eigenvalue weighted by Crippen LogP contribution is -1.99. The molecule has 4 nitrogen and oxygen atoms in total. The molecule has 0 radical (unpaired) electrons. The number of aromatic nitrogens is 1. The third kappa shape index (κ3) is 4.05. The average Bonchev–Trinajstić information content (AvgIpc) is 2.42. The van der Waals surface area contributed by atoms with Gasteiger partial charge in [-0.15, -0.1) is 0 Å². The maximum atomic E-state index is 10.6. The SMILES string of the molecule is CC.CC.Nc1ccc2ccc(C(=O)O)nc2c1. The molecule has 0 fully saturated rings. The predicted octanol–water partition coefficient (Wildman–Crippen LogP) is 3.57.